The fourth-order valence-corrected chi connectivity index (χ4v) is 2.31. The van der Waals surface area contributed by atoms with Crippen LogP contribution in [0.15, 0.2) is 29.8 Å². The Bertz CT molecular complexity index is 453. The zero-order chi connectivity index (χ0) is 10.7. The van der Waals surface area contributed by atoms with Crippen LogP contribution in [0.25, 0.3) is 0 Å². The minimum Gasteiger partial charge on any atom is -0.379 e. The van der Waals surface area contributed by atoms with Gasteiger partial charge < -0.3 is 5.32 Å². The Morgan fingerprint density at radius 3 is 3.07 bits per heavy atom. The van der Waals surface area contributed by atoms with Crippen molar-refractivity contribution in [2.24, 2.45) is 0 Å². The van der Waals surface area contributed by atoms with Crippen molar-refractivity contribution < 1.29 is 0 Å². The van der Waals surface area contributed by atoms with E-state index in [1.165, 1.54) is 4.88 Å². The molecule has 1 N–H and O–H groups in total. The fraction of sp³-hybridized carbons (Fsp3) is 0.182. The second kappa shape index (κ2) is 4.64. The van der Waals surface area contributed by atoms with Crippen molar-refractivity contribution >= 4 is 28.6 Å². The molecule has 2 heterocycles. The van der Waals surface area contributed by atoms with E-state index < -0.39 is 0 Å². The van der Waals surface area contributed by atoms with Crippen LogP contribution in [0.4, 0.5) is 5.69 Å². The van der Waals surface area contributed by atoms with Gasteiger partial charge in [-0.25, -0.2) is 0 Å². The Kier molecular flexibility index (Phi) is 3.23. The molecule has 0 aliphatic carbocycles. The molecule has 0 saturated carbocycles. The van der Waals surface area contributed by atoms with Crippen LogP contribution >= 0.6 is 22.9 Å². The SMILES string of the molecule is Cc1ncccc1NCc1cc(Cl)cs1. The summed E-state index contributed by atoms with van der Waals surface area (Å²) in [6.45, 7) is 2.79. The van der Waals surface area contributed by atoms with Crippen LogP contribution in [0.5, 0.6) is 0 Å². The largest absolute Gasteiger partial charge is 0.379 e. The van der Waals surface area contributed by atoms with Crippen LogP contribution in [0.2, 0.25) is 5.02 Å². The first-order valence-electron chi connectivity index (χ1n) is 4.64. The van der Waals surface area contributed by atoms with Gasteiger partial charge in [0.2, 0.25) is 0 Å². The Balaban J connectivity index is 2.02. The van der Waals surface area contributed by atoms with Crippen molar-refractivity contribution in [2.45, 2.75) is 13.5 Å². The molecule has 0 aliphatic rings. The third-order valence-corrected chi connectivity index (χ3v) is 3.37. The molecule has 2 aromatic rings. The number of nitrogens with zero attached hydrogens (tertiary/aromatic N) is 1. The molecule has 0 radical (unpaired) electrons. The molecule has 2 rings (SSSR count). The van der Waals surface area contributed by atoms with Crippen LogP contribution in [0, 0.1) is 6.92 Å². The summed E-state index contributed by atoms with van der Waals surface area (Å²) in [5.74, 6) is 0. The fourth-order valence-electron chi connectivity index (χ4n) is 1.30. The molecule has 0 aliphatic heterocycles. The molecule has 0 spiro atoms. The Morgan fingerprint density at radius 2 is 2.40 bits per heavy atom. The maximum atomic E-state index is 5.84. The quantitative estimate of drug-likeness (QED) is 0.882. The lowest BCUT2D eigenvalue weighted by atomic mass is 10.3. The second-order valence-electron chi connectivity index (χ2n) is 3.22. The summed E-state index contributed by atoms with van der Waals surface area (Å²) in [6.07, 6.45) is 1.79. The first-order chi connectivity index (χ1) is 7.25. The predicted molar refractivity (Wildman–Crippen MR) is 65.6 cm³/mol. The van der Waals surface area contributed by atoms with E-state index >= 15 is 0 Å². The highest BCUT2D eigenvalue weighted by Gasteiger charge is 2.00. The monoisotopic (exact) mass is 238 g/mol. The summed E-state index contributed by atoms with van der Waals surface area (Å²) in [7, 11) is 0. The number of nitrogens with one attached hydrogen (secondary N) is 1. The number of pyridine rings is 1. The van der Waals surface area contributed by atoms with Gasteiger partial charge in [0.1, 0.15) is 0 Å². The van der Waals surface area contributed by atoms with Crippen molar-refractivity contribution in [2.75, 3.05) is 5.32 Å². The molecular weight excluding hydrogens is 228 g/mol. The molecule has 78 valence electrons. The van der Waals surface area contributed by atoms with Crippen molar-refractivity contribution in [1.82, 2.24) is 4.98 Å². The van der Waals surface area contributed by atoms with Gasteiger partial charge in [-0.1, -0.05) is 11.6 Å². The lowest BCUT2D eigenvalue weighted by Crippen LogP contribution is -1.99. The third-order valence-electron chi connectivity index (χ3n) is 2.08. The molecule has 2 aromatic heterocycles. The highest BCUT2D eigenvalue weighted by atomic mass is 35.5. The van der Waals surface area contributed by atoms with E-state index in [1.807, 2.05) is 30.5 Å². The van der Waals surface area contributed by atoms with Gasteiger partial charge in [-0.3, -0.25) is 4.98 Å². The molecule has 0 bridgehead atoms. The number of hydrogen-bond acceptors (Lipinski definition) is 3. The summed E-state index contributed by atoms with van der Waals surface area (Å²) >= 11 is 7.50. The molecule has 0 amide bonds. The summed E-state index contributed by atoms with van der Waals surface area (Å²) in [6, 6.07) is 5.93. The van der Waals surface area contributed by atoms with Crippen LogP contribution in [0.3, 0.4) is 0 Å². The number of rotatable bonds is 3. The molecule has 0 atom stereocenters. The van der Waals surface area contributed by atoms with E-state index in [2.05, 4.69) is 10.3 Å². The van der Waals surface area contributed by atoms with Gasteiger partial charge in [-0.15, -0.1) is 11.3 Å². The van der Waals surface area contributed by atoms with E-state index in [0.717, 1.165) is 22.9 Å². The molecule has 2 nitrogen and oxygen atoms in total. The second-order valence-corrected chi connectivity index (χ2v) is 4.65. The maximum Gasteiger partial charge on any atom is 0.0603 e. The number of hydrogen-bond donors (Lipinski definition) is 1. The van der Waals surface area contributed by atoms with Gasteiger partial charge in [0.25, 0.3) is 0 Å². The van der Waals surface area contributed by atoms with Crippen LogP contribution in [-0.4, -0.2) is 4.98 Å². The maximum absolute atomic E-state index is 5.84. The molecule has 0 unspecified atom stereocenters. The summed E-state index contributed by atoms with van der Waals surface area (Å²) in [5.41, 5.74) is 2.09. The number of aromatic nitrogens is 1. The minimum atomic E-state index is 0.796. The zero-order valence-electron chi connectivity index (χ0n) is 8.33. The van der Waals surface area contributed by atoms with Crippen molar-refractivity contribution in [3.63, 3.8) is 0 Å². The van der Waals surface area contributed by atoms with Crippen LogP contribution < -0.4 is 5.32 Å². The van der Waals surface area contributed by atoms with Crippen molar-refractivity contribution in [3.8, 4) is 0 Å². The van der Waals surface area contributed by atoms with Crippen LogP contribution in [0.1, 0.15) is 10.6 Å². The predicted octanol–water partition coefficient (Wildman–Crippen LogP) is 3.72. The third kappa shape index (κ3) is 2.70. The number of thiophene rings is 1. The minimum absolute atomic E-state index is 0.796. The van der Waals surface area contributed by atoms with Crippen LogP contribution in [-0.2, 0) is 6.54 Å². The molecule has 0 saturated heterocycles. The van der Waals surface area contributed by atoms with Gasteiger partial charge in [0.05, 0.1) is 16.4 Å². The average Bonchev–Trinajstić information content (AvgIpc) is 2.63. The Labute approximate surface area is 97.9 Å². The van der Waals surface area contributed by atoms with Gasteiger partial charge >= 0.3 is 0 Å². The molecule has 0 aromatic carbocycles. The van der Waals surface area contributed by atoms with E-state index in [4.69, 9.17) is 11.6 Å². The first kappa shape index (κ1) is 10.5. The number of aryl methyl sites for hydroxylation is 1. The van der Waals surface area contributed by atoms with Gasteiger partial charge in [-0.05, 0) is 25.1 Å². The van der Waals surface area contributed by atoms with E-state index in [0.29, 0.717) is 0 Å². The number of halogens is 1. The van der Waals surface area contributed by atoms with E-state index in [9.17, 15) is 0 Å². The highest BCUT2D eigenvalue weighted by Crippen LogP contribution is 2.20. The lowest BCUT2D eigenvalue weighted by molar-refractivity contribution is 1.13. The Hall–Kier alpha value is -1.06. The van der Waals surface area contributed by atoms with Gasteiger partial charge in [0, 0.05) is 23.0 Å². The molecule has 15 heavy (non-hydrogen) atoms. The topological polar surface area (TPSA) is 24.9 Å². The summed E-state index contributed by atoms with van der Waals surface area (Å²) in [4.78, 5) is 5.44. The van der Waals surface area contributed by atoms with Gasteiger partial charge in [0.15, 0.2) is 0 Å². The van der Waals surface area contributed by atoms with Crippen molar-refractivity contribution in [3.05, 3.63) is 45.4 Å². The Morgan fingerprint density at radius 1 is 1.53 bits per heavy atom. The average molecular weight is 239 g/mol. The number of anilines is 1. The summed E-state index contributed by atoms with van der Waals surface area (Å²) < 4.78 is 0. The summed E-state index contributed by atoms with van der Waals surface area (Å²) in [5, 5.41) is 6.08. The van der Waals surface area contributed by atoms with Crippen molar-refractivity contribution in [1.29, 1.82) is 0 Å². The standard InChI is InChI=1S/C11H11ClN2S/c1-8-11(3-2-4-13-8)14-6-10-5-9(12)7-15-10/h2-5,7,14H,6H2,1H3. The van der Waals surface area contributed by atoms with E-state index in [1.54, 1.807) is 17.5 Å². The van der Waals surface area contributed by atoms with E-state index in [-0.39, 0.29) is 0 Å². The zero-order valence-corrected chi connectivity index (χ0v) is 9.90. The smallest absolute Gasteiger partial charge is 0.0603 e. The molecule has 0 fully saturated rings. The molecule has 4 heteroatoms. The normalized spacial score (nSPS) is 10.3. The van der Waals surface area contributed by atoms with Gasteiger partial charge in [-0.2, -0.15) is 0 Å². The first-order valence-corrected chi connectivity index (χ1v) is 5.90. The lowest BCUT2D eigenvalue weighted by Gasteiger charge is -2.06. The highest BCUT2D eigenvalue weighted by molar-refractivity contribution is 7.10. The molecular formula is C11H11ClN2S.